The fraction of sp³-hybridized carbons (Fsp3) is 0.105. The molecule has 0 amide bonds. The molecule has 0 unspecified atom stereocenters. The zero-order valence-electron chi connectivity index (χ0n) is 14.1. The van der Waals surface area contributed by atoms with Crippen LogP contribution in [0.3, 0.4) is 0 Å². The SMILES string of the molecule is Cc1cc(=O)[nH]nc1-c1ccc(NN=CCc2ccc(O)cc2O)cc1. The molecule has 0 bridgehead atoms. The third kappa shape index (κ3) is 4.07. The van der Waals surface area contributed by atoms with E-state index in [1.165, 1.54) is 18.2 Å². The maximum Gasteiger partial charge on any atom is 0.264 e. The van der Waals surface area contributed by atoms with Gasteiger partial charge in [0.15, 0.2) is 0 Å². The molecule has 0 spiro atoms. The Morgan fingerprint density at radius 3 is 2.62 bits per heavy atom. The Morgan fingerprint density at radius 1 is 1.15 bits per heavy atom. The summed E-state index contributed by atoms with van der Waals surface area (Å²) in [5.74, 6) is 0.0539. The number of aromatic amines is 1. The second-order valence-corrected chi connectivity index (χ2v) is 5.78. The molecule has 0 atom stereocenters. The Hall–Kier alpha value is -3.61. The highest BCUT2D eigenvalue weighted by Crippen LogP contribution is 2.23. The van der Waals surface area contributed by atoms with Gasteiger partial charge in [-0.2, -0.15) is 10.2 Å². The summed E-state index contributed by atoms with van der Waals surface area (Å²) in [6, 6.07) is 13.5. The van der Waals surface area contributed by atoms with Crippen molar-refractivity contribution >= 4 is 11.9 Å². The fourth-order valence-electron chi connectivity index (χ4n) is 2.48. The van der Waals surface area contributed by atoms with Crippen LogP contribution in [0.5, 0.6) is 11.5 Å². The summed E-state index contributed by atoms with van der Waals surface area (Å²) in [5.41, 5.74) is 6.57. The van der Waals surface area contributed by atoms with Gasteiger partial charge < -0.3 is 10.2 Å². The van der Waals surface area contributed by atoms with Gasteiger partial charge in [0, 0.05) is 30.3 Å². The number of aromatic nitrogens is 2. The summed E-state index contributed by atoms with van der Waals surface area (Å²) >= 11 is 0. The lowest BCUT2D eigenvalue weighted by atomic mass is 10.1. The molecule has 132 valence electrons. The van der Waals surface area contributed by atoms with Gasteiger partial charge in [0.1, 0.15) is 11.5 Å². The van der Waals surface area contributed by atoms with Crippen molar-refractivity contribution in [1.82, 2.24) is 10.2 Å². The number of nitrogens with zero attached hydrogens (tertiary/aromatic N) is 2. The highest BCUT2D eigenvalue weighted by Gasteiger charge is 2.04. The number of hydrazone groups is 1. The standard InChI is InChI=1S/C19H18N4O3/c1-12-10-18(26)22-23-19(12)14-2-5-15(6-3-14)21-20-9-8-13-4-7-16(24)11-17(13)25/h2-7,9-11,21,24-25H,8H2,1H3,(H,22,26). The van der Waals surface area contributed by atoms with Crippen LogP contribution in [0.25, 0.3) is 11.3 Å². The minimum Gasteiger partial charge on any atom is -0.508 e. The maximum atomic E-state index is 11.2. The summed E-state index contributed by atoms with van der Waals surface area (Å²) in [4.78, 5) is 11.2. The van der Waals surface area contributed by atoms with Crippen LogP contribution in [0.4, 0.5) is 5.69 Å². The van der Waals surface area contributed by atoms with Crippen LogP contribution >= 0.6 is 0 Å². The Kier molecular flexibility index (Phi) is 4.98. The van der Waals surface area contributed by atoms with Crippen LogP contribution in [-0.4, -0.2) is 26.6 Å². The van der Waals surface area contributed by atoms with Gasteiger partial charge in [-0.05, 0) is 36.2 Å². The van der Waals surface area contributed by atoms with Gasteiger partial charge in [0.25, 0.3) is 5.56 Å². The van der Waals surface area contributed by atoms with Crippen LogP contribution in [0, 0.1) is 6.92 Å². The molecule has 0 saturated heterocycles. The highest BCUT2D eigenvalue weighted by molar-refractivity contribution is 5.67. The average Bonchev–Trinajstić information content (AvgIpc) is 2.61. The van der Waals surface area contributed by atoms with E-state index in [0.717, 1.165) is 22.5 Å². The molecule has 1 heterocycles. The van der Waals surface area contributed by atoms with Gasteiger partial charge in [0.05, 0.1) is 11.4 Å². The normalized spacial score (nSPS) is 11.0. The molecule has 0 aliphatic heterocycles. The number of aryl methyl sites for hydroxylation is 1. The van der Waals surface area contributed by atoms with Crippen molar-refractivity contribution in [3.63, 3.8) is 0 Å². The van der Waals surface area contributed by atoms with Gasteiger partial charge in [0.2, 0.25) is 0 Å². The van der Waals surface area contributed by atoms with Crippen molar-refractivity contribution in [2.45, 2.75) is 13.3 Å². The largest absolute Gasteiger partial charge is 0.508 e. The van der Waals surface area contributed by atoms with Crippen molar-refractivity contribution in [3.05, 3.63) is 70.0 Å². The lowest BCUT2D eigenvalue weighted by molar-refractivity contribution is 0.447. The number of nitrogens with one attached hydrogen (secondary N) is 2. The Morgan fingerprint density at radius 2 is 1.92 bits per heavy atom. The molecule has 7 heteroatoms. The molecular weight excluding hydrogens is 332 g/mol. The van der Waals surface area contributed by atoms with Crippen LogP contribution in [-0.2, 0) is 6.42 Å². The first-order valence-electron chi connectivity index (χ1n) is 7.98. The summed E-state index contributed by atoms with van der Waals surface area (Å²) in [5, 5.41) is 29.6. The summed E-state index contributed by atoms with van der Waals surface area (Å²) in [6.07, 6.45) is 2.06. The lowest BCUT2D eigenvalue weighted by Gasteiger charge is -2.05. The third-order valence-electron chi connectivity index (χ3n) is 3.82. The van der Waals surface area contributed by atoms with Crippen molar-refractivity contribution < 1.29 is 10.2 Å². The topological polar surface area (TPSA) is 111 Å². The molecule has 0 saturated carbocycles. The minimum atomic E-state index is -0.224. The number of aromatic hydroxyl groups is 2. The second kappa shape index (κ2) is 7.52. The number of rotatable bonds is 5. The molecule has 1 aromatic heterocycles. The summed E-state index contributed by atoms with van der Waals surface area (Å²) in [7, 11) is 0. The molecule has 26 heavy (non-hydrogen) atoms. The maximum absolute atomic E-state index is 11.2. The predicted molar refractivity (Wildman–Crippen MR) is 101 cm³/mol. The Balaban J connectivity index is 1.63. The van der Waals surface area contributed by atoms with Crippen molar-refractivity contribution in [2.75, 3.05) is 5.43 Å². The van der Waals surface area contributed by atoms with Gasteiger partial charge in [-0.15, -0.1) is 0 Å². The average molecular weight is 350 g/mol. The number of phenols is 2. The molecule has 0 aliphatic carbocycles. The van der Waals surface area contributed by atoms with Crippen molar-refractivity contribution in [2.24, 2.45) is 5.10 Å². The van der Waals surface area contributed by atoms with E-state index in [-0.39, 0.29) is 17.1 Å². The molecule has 3 rings (SSSR count). The first-order valence-corrected chi connectivity index (χ1v) is 7.98. The molecular formula is C19H18N4O3. The second-order valence-electron chi connectivity index (χ2n) is 5.78. The van der Waals surface area contributed by atoms with Crippen LogP contribution < -0.4 is 11.0 Å². The van der Waals surface area contributed by atoms with Gasteiger partial charge in [-0.1, -0.05) is 18.2 Å². The molecule has 0 radical (unpaired) electrons. The smallest absolute Gasteiger partial charge is 0.264 e. The van der Waals surface area contributed by atoms with Gasteiger partial charge >= 0.3 is 0 Å². The monoisotopic (exact) mass is 350 g/mol. The van der Waals surface area contributed by atoms with Crippen molar-refractivity contribution in [1.29, 1.82) is 0 Å². The molecule has 4 N–H and O–H groups in total. The zero-order valence-corrected chi connectivity index (χ0v) is 14.1. The Bertz CT molecular complexity index is 994. The molecule has 3 aromatic rings. The molecule has 2 aromatic carbocycles. The number of benzene rings is 2. The number of phenolic OH excluding ortho intramolecular Hbond substituents is 2. The van der Waals surface area contributed by atoms with Crippen LogP contribution in [0.2, 0.25) is 0 Å². The van der Waals surface area contributed by atoms with Crippen LogP contribution in [0.15, 0.2) is 58.4 Å². The highest BCUT2D eigenvalue weighted by atomic mass is 16.3. The number of hydrogen-bond acceptors (Lipinski definition) is 6. The van der Waals surface area contributed by atoms with E-state index in [1.54, 1.807) is 12.3 Å². The van der Waals surface area contributed by atoms with Crippen LogP contribution in [0.1, 0.15) is 11.1 Å². The first kappa shape index (κ1) is 17.2. The number of H-pyrrole nitrogens is 1. The van der Waals surface area contributed by atoms with E-state index >= 15 is 0 Å². The Labute approximate surface area is 149 Å². The lowest BCUT2D eigenvalue weighted by Crippen LogP contribution is -2.08. The minimum absolute atomic E-state index is 0.0219. The van der Waals surface area contributed by atoms with E-state index < -0.39 is 0 Å². The zero-order chi connectivity index (χ0) is 18.5. The fourth-order valence-corrected chi connectivity index (χ4v) is 2.48. The first-order chi connectivity index (χ1) is 12.5. The van der Waals surface area contributed by atoms with E-state index in [1.807, 2.05) is 31.2 Å². The van der Waals surface area contributed by atoms with E-state index in [4.69, 9.17) is 0 Å². The summed E-state index contributed by atoms with van der Waals surface area (Å²) < 4.78 is 0. The summed E-state index contributed by atoms with van der Waals surface area (Å²) in [6.45, 7) is 1.84. The molecule has 0 aliphatic rings. The molecule has 7 nitrogen and oxygen atoms in total. The number of hydrogen-bond donors (Lipinski definition) is 4. The predicted octanol–water partition coefficient (Wildman–Crippen LogP) is 2.80. The number of anilines is 1. The van der Waals surface area contributed by atoms with Crippen molar-refractivity contribution in [3.8, 4) is 22.8 Å². The van der Waals surface area contributed by atoms with E-state index in [9.17, 15) is 15.0 Å². The molecule has 0 fully saturated rings. The third-order valence-corrected chi connectivity index (χ3v) is 3.82. The van der Waals surface area contributed by atoms with E-state index in [2.05, 4.69) is 20.7 Å². The van der Waals surface area contributed by atoms with Gasteiger partial charge in [-0.25, -0.2) is 5.10 Å². The van der Waals surface area contributed by atoms with E-state index in [0.29, 0.717) is 12.0 Å². The quantitative estimate of drug-likeness (QED) is 0.418. The van der Waals surface area contributed by atoms with Gasteiger partial charge in [-0.3, -0.25) is 10.2 Å².